The maximum Gasteiger partial charge on any atom is 0.305 e. The number of carbonyl (C=O) groups excluding carboxylic acids is 2. The van der Waals surface area contributed by atoms with Crippen molar-refractivity contribution in [1.82, 2.24) is 0 Å². The quantitative estimate of drug-likeness (QED) is 0.282. The van der Waals surface area contributed by atoms with E-state index < -0.39 is 11.5 Å². The van der Waals surface area contributed by atoms with Gasteiger partial charge in [-0.3, -0.25) is 9.59 Å². The molecule has 1 heterocycles. The third-order valence-electron chi connectivity index (χ3n) is 5.17. The zero-order valence-corrected chi connectivity index (χ0v) is 17.0. The summed E-state index contributed by atoms with van der Waals surface area (Å²) in [4.78, 5) is 25.2. The van der Waals surface area contributed by atoms with Crippen LogP contribution in [0.3, 0.4) is 0 Å². The Morgan fingerprint density at radius 3 is 2.27 bits per heavy atom. The Labute approximate surface area is 175 Å². The van der Waals surface area contributed by atoms with Crippen LogP contribution in [0.25, 0.3) is 11.1 Å². The van der Waals surface area contributed by atoms with Crippen molar-refractivity contribution in [1.29, 1.82) is 0 Å². The molecule has 0 saturated carbocycles. The van der Waals surface area contributed by atoms with Gasteiger partial charge in [0.15, 0.2) is 18.2 Å². The minimum absolute atomic E-state index is 0.0317. The predicted molar refractivity (Wildman–Crippen MR) is 113 cm³/mol. The summed E-state index contributed by atoms with van der Waals surface area (Å²) in [5, 5.41) is 11.2. The molecule has 0 aliphatic heterocycles. The fourth-order valence-electron chi connectivity index (χ4n) is 3.39. The summed E-state index contributed by atoms with van der Waals surface area (Å²) in [5.74, 6) is -0.686. The number of aromatic nitrogens is 1. The van der Waals surface area contributed by atoms with Gasteiger partial charge in [0.05, 0.1) is 7.11 Å². The highest BCUT2D eigenvalue weighted by molar-refractivity contribution is 6.04. The number of carbonyl (C=O) groups is 2. The van der Waals surface area contributed by atoms with E-state index in [4.69, 9.17) is 10.5 Å². The maximum absolute atomic E-state index is 13.4. The highest BCUT2D eigenvalue weighted by atomic mass is 16.5. The molecule has 0 bridgehead atoms. The van der Waals surface area contributed by atoms with Crippen molar-refractivity contribution in [3.63, 3.8) is 0 Å². The third kappa shape index (κ3) is 4.55. The molecule has 0 saturated heterocycles. The highest BCUT2D eigenvalue weighted by Gasteiger charge is 2.37. The van der Waals surface area contributed by atoms with Gasteiger partial charge < -0.3 is 15.7 Å². The van der Waals surface area contributed by atoms with Crippen LogP contribution in [0.5, 0.6) is 0 Å². The Morgan fingerprint density at radius 1 is 1.03 bits per heavy atom. The monoisotopic (exact) mass is 404 g/mol. The molecule has 0 fully saturated rings. The van der Waals surface area contributed by atoms with Gasteiger partial charge >= 0.3 is 5.97 Å². The normalized spacial score (nSPS) is 12.8. The van der Waals surface area contributed by atoms with E-state index >= 15 is 0 Å². The maximum atomic E-state index is 13.4. The fourth-order valence-corrected chi connectivity index (χ4v) is 3.39. The van der Waals surface area contributed by atoms with Crippen molar-refractivity contribution in [2.75, 3.05) is 7.11 Å². The van der Waals surface area contributed by atoms with Crippen molar-refractivity contribution in [3.05, 3.63) is 95.0 Å². The topological polar surface area (TPSA) is 96.3 Å². The molecule has 3 aromatic rings. The molecule has 2 aromatic carbocycles. The van der Waals surface area contributed by atoms with E-state index in [9.17, 15) is 14.8 Å². The summed E-state index contributed by atoms with van der Waals surface area (Å²) in [6.45, 7) is 1.93. The van der Waals surface area contributed by atoms with Gasteiger partial charge in [-0.1, -0.05) is 54.1 Å². The Morgan fingerprint density at radius 2 is 1.67 bits per heavy atom. The second-order valence-electron chi connectivity index (χ2n) is 7.27. The Balaban J connectivity index is 1.93. The summed E-state index contributed by atoms with van der Waals surface area (Å²) >= 11 is 0. The van der Waals surface area contributed by atoms with Gasteiger partial charge in [0.2, 0.25) is 0 Å². The van der Waals surface area contributed by atoms with Crippen LogP contribution in [0.2, 0.25) is 0 Å². The van der Waals surface area contributed by atoms with Gasteiger partial charge in [-0.2, -0.15) is 4.73 Å². The van der Waals surface area contributed by atoms with Crippen molar-refractivity contribution in [3.8, 4) is 11.1 Å². The van der Waals surface area contributed by atoms with Gasteiger partial charge in [-0.05, 0) is 30.0 Å². The molecule has 0 amide bonds. The van der Waals surface area contributed by atoms with E-state index in [1.807, 2.05) is 37.3 Å². The number of esters is 1. The molecule has 154 valence electrons. The molecular weight excluding hydrogens is 380 g/mol. The molecule has 30 heavy (non-hydrogen) atoms. The fraction of sp³-hybridized carbons (Fsp3) is 0.208. The Bertz CT molecular complexity index is 1050. The lowest BCUT2D eigenvalue weighted by atomic mass is 9.79. The number of ether oxygens (including phenoxy) is 1. The number of hydrogen-bond acceptors (Lipinski definition) is 5. The molecule has 1 unspecified atom stereocenters. The number of nitrogens with zero attached hydrogens (tertiary/aromatic N) is 1. The molecular formula is C24H24N2O4. The van der Waals surface area contributed by atoms with Gasteiger partial charge in [0, 0.05) is 24.1 Å². The molecule has 0 aliphatic rings. The van der Waals surface area contributed by atoms with E-state index in [1.165, 1.54) is 19.5 Å². The first-order chi connectivity index (χ1) is 14.3. The van der Waals surface area contributed by atoms with Crippen molar-refractivity contribution in [2.45, 2.75) is 25.3 Å². The van der Waals surface area contributed by atoms with Crippen LogP contribution in [0.1, 0.15) is 34.3 Å². The second kappa shape index (κ2) is 8.88. The predicted octanol–water partition coefficient (Wildman–Crippen LogP) is 3.29. The summed E-state index contributed by atoms with van der Waals surface area (Å²) in [6, 6.07) is 17.9. The number of hydrogen-bond donors (Lipinski definition) is 1. The first-order valence-corrected chi connectivity index (χ1v) is 9.60. The number of aryl methyl sites for hydroxylation is 1. The summed E-state index contributed by atoms with van der Waals surface area (Å²) in [6.07, 6.45) is 3.00. The summed E-state index contributed by atoms with van der Waals surface area (Å²) in [7, 11) is 1.31. The molecule has 6 nitrogen and oxygen atoms in total. The van der Waals surface area contributed by atoms with Gasteiger partial charge in [0.25, 0.3) is 0 Å². The number of methoxy groups -OCH3 is 1. The first-order valence-electron chi connectivity index (χ1n) is 9.60. The molecule has 0 spiro atoms. The molecule has 0 radical (unpaired) electrons. The molecule has 1 atom stereocenters. The summed E-state index contributed by atoms with van der Waals surface area (Å²) in [5.41, 5.74) is 9.10. The molecule has 6 heteroatoms. The van der Waals surface area contributed by atoms with E-state index in [1.54, 1.807) is 30.3 Å². The molecule has 1 aromatic heterocycles. The van der Waals surface area contributed by atoms with Crippen LogP contribution in [-0.4, -0.2) is 18.9 Å². The van der Waals surface area contributed by atoms with Gasteiger partial charge in [0.1, 0.15) is 5.54 Å². The molecule has 0 aliphatic carbocycles. The lowest BCUT2D eigenvalue weighted by Gasteiger charge is -2.29. The van der Waals surface area contributed by atoms with Gasteiger partial charge in [-0.15, -0.1) is 0 Å². The average Bonchev–Trinajstić information content (AvgIpc) is 2.77. The van der Waals surface area contributed by atoms with Gasteiger partial charge in [-0.25, -0.2) is 0 Å². The minimum atomic E-state index is -1.36. The lowest BCUT2D eigenvalue weighted by molar-refractivity contribution is -0.605. The summed E-state index contributed by atoms with van der Waals surface area (Å²) < 4.78 is 5.45. The Hall–Kier alpha value is -3.51. The van der Waals surface area contributed by atoms with Crippen LogP contribution in [0.15, 0.2) is 73.1 Å². The van der Waals surface area contributed by atoms with Crippen LogP contribution >= 0.6 is 0 Å². The highest BCUT2D eigenvalue weighted by Crippen LogP contribution is 2.30. The average molecular weight is 404 g/mol. The van der Waals surface area contributed by atoms with Crippen molar-refractivity contribution < 1.29 is 19.1 Å². The van der Waals surface area contributed by atoms with Crippen LogP contribution in [0, 0.1) is 12.1 Å². The van der Waals surface area contributed by atoms with E-state index in [0.717, 1.165) is 16.7 Å². The van der Waals surface area contributed by atoms with E-state index in [2.05, 4.69) is 0 Å². The zero-order chi connectivity index (χ0) is 21.7. The number of benzene rings is 2. The SMILES string of the molecule is COC(=O)CCC(N)(C(=O)c1ccc(-c2cc[n+]([O-])cc2)cc1)c1cccc(C)c1. The third-order valence-corrected chi connectivity index (χ3v) is 5.17. The minimum Gasteiger partial charge on any atom is -0.619 e. The number of Topliss-reactive ketones (excluding diaryl/α,β-unsaturated/α-hetero) is 1. The number of pyridine rings is 1. The van der Waals surface area contributed by atoms with Crippen LogP contribution in [-0.2, 0) is 15.1 Å². The number of nitrogens with two attached hydrogens (primary N) is 1. The standard InChI is InChI=1S/C24H24N2O4/c1-17-4-3-5-21(16-17)24(25,13-10-22(27)30-2)23(28)20-8-6-18(7-9-20)19-11-14-26(29)15-12-19/h3-9,11-12,14-16H,10,13,25H2,1-2H3. The van der Waals surface area contributed by atoms with Crippen molar-refractivity contribution >= 4 is 11.8 Å². The Kier molecular flexibility index (Phi) is 6.28. The molecule has 2 N–H and O–H groups in total. The number of ketones is 1. The second-order valence-corrected chi connectivity index (χ2v) is 7.27. The van der Waals surface area contributed by atoms with E-state index in [0.29, 0.717) is 15.9 Å². The zero-order valence-electron chi connectivity index (χ0n) is 17.0. The lowest BCUT2D eigenvalue weighted by Crippen LogP contribution is -2.45. The molecule has 3 rings (SSSR count). The van der Waals surface area contributed by atoms with Crippen LogP contribution < -0.4 is 10.5 Å². The first kappa shape index (κ1) is 21.2. The van der Waals surface area contributed by atoms with Crippen molar-refractivity contribution in [2.24, 2.45) is 5.73 Å². The smallest absolute Gasteiger partial charge is 0.305 e. The van der Waals surface area contributed by atoms with Crippen LogP contribution in [0.4, 0.5) is 0 Å². The van der Waals surface area contributed by atoms with E-state index in [-0.39, 0.29) is 18.6 Å². The largest absolute Gasteiger partial charge is 0.619 e. The number of rotatable bonds is 7.